The molecule has 1 atom stereocenters. The van der Waals surface area contributed by atoms with Crippen LogP contribution in [0, 0.1) is 0 Å². The molecule has 7 heteroatoms. The summed E-state index contributed by atoms with van der Waals surface area (Å²) >= 11 is 3.41. The van der Waals surface area contributed by atoms with Gasteiger partial charge in [0.15, 0.2) is 17.1 Å². The zero-order valence-electron chi connectivity index (χ0n) is 13.3. The second-order valence-electron chi connectivity index (χ2n) is 5.71. The van der Waals surface area contributed by atoms with Crippen molar-refractivity contribution in [2.75, 3.05) is 13.7 Å². The zero-order chi connectivity index (χ0) is 16.7. The molecule has 1 aliphatic heterocycles. The van der Waals surface area contributed by atoms with Gasteiger partial charge in [-0.2, -0.15) is 0 Å². The van der Waals surface area contributed by atoms with Gasteiger partial charge < -0.3 is 18.8 Å². The van der Waals surface area contributed by atoms with Crippen LogP contribution in [0.25, 0.3) is 11.2 Å². The third-order valence-electron chi connectivity index (χ3n) is 3.87. The Bertz CT molecular complexity index is 909. The molecule has 0 saturated carbocycles. The molecule has 24 heavy (non-hydrogen) atoms. The highest BCUT2D eigenvalue weighted by Crippen LogP contribution is 2.41. The van der Waals surface area contributed by atoms with Crippen LogP contribution in [0.2, 0.25) is 0 Å². The lowest BCUT2D eigenvalue weighted by Crippen LogP contribution is -2.26. The lowest BCUT2D eigenvalue weighted by Gasteiger charge is -2.26. The molecule has 0 amide bonds. The first-order chi connectivity index (χ1) is 11.6. The maximum atomic E-state index is 5.89. The average molecular weight is 390 g/mol. The van der Waals surface area contributed by atoms with E-state index in [-0.39, 0.29) is 6.10 Å². The Hall–Kier alpha value is -2.28. The van der Waals surface area contributed by atoms with Gasteiger partial charge in [-0.15, -0.1) is 0 Å². The molecule has 0 saturated heterocycles. The number of rotatable bonds is 3. The highest BCUT2D eigenvalue weighted by atomic mass is 79.9. The molecule has 3 heterocycles. The minimum absolute atomic E-state index is 0.0177. The summed E-state index contributed by atoms with van der Waals surface area (Å²) in [5.74, 6) is 2.05. The van der Waals surface area contributed by atoms with E-state index in [1.165, 1.54) is 0 Å². The Morgan fingerprint density at radius 3 is 3.08 bits per heavy atom. The molecule has 0 spiro atoms. The highest BCUT2D eigenvalue weighted by Gasteiger charge is 2.22. The van der Waals surface area contributed by atoms with E-state index in [9.17, 15) is 0 Å². The molecule has 0 aliphatic carbocycles. The van der Waals surface area contributed by atoms with Gasteiger partial charge in [-0.25, -0.2) is 9.97 Å². The SMILES string of the molecule is COc1cc(Cn2cnc3ccc(Br)nc32)cc2c1OCC(C)O2. The molecule has 1 unspecified atom stereocenters. The predicted molar refractivity (Wildman–Crippen MR) is 92.9 cm³/mol. The van der Waals surface area contributed by atoms with Crippen molar-refractivity contribution in [3.63, 3.8) is 0 Å². The summed E-state index contributed by atoms with van der Waals surface area (Å²) in [7, 11) is 1.63. The van der Waals surface area contributed by atoms with Crippen LogP contribution in [0.3, 0.4) is 0 Å². The number of hydrogen-bond donors (Lipinski definition) is 0. The summed E-state index contributed by atoms with van der Waals surface area (Å²) in [6.45, 7) is 3.11. The Labute approximate surface area is 147 Å². The van der Waals surface area contributed by atoms with E-state index in [0.29, 0.717) is 30.4 Å². The maximum Gasteiger partial charge on any atom is 0.203 e. The number of pyridine rings is 1. The van der Waals surface area contributed by atoms with Crippen LogP contribution in [0.5, 0.6) is 17.2 Å². The van der Waals surface area contributed by atoms with E-state index < -0.39 is 0 Å². The molecule has 3 aromatic rings. The van der Waals surface area contributed by atoms with Gasteiger partial charge >= 0.3 is 0 Å². The topological polar surface area (TPSA) is 58.4 Å². The van der Waals surface area contributed by atoms with Crippen LogP contribution in [0.1, 0.15) is 12.5 Å². The van der Waals surface area contributed by atoms with E-state index in [2.05, 4.69) is 25.9 Å². The average Bonchev–Trinajstić information content (AvgIpc) is 2.96. The minimum Gasteiger partial charge on any atom is -0.493 e. The number of ether oxygens (including phenoxy) is 3. The Balaban J connectivity index is 1.73. The summed E-state index contributed by atoms with van der Waals surface area (Å²) in [5, 5.41) is 0. The van der Waals surface area contributed by atoms with Crippen molar-refractivity contribution in [3.05, 3.63) is 40.8 Å². The van der Waals surface area contributed by atoms with Crippen molar-refractivity contribution in [1.29, 1.82) is 0 Å². The maximum absolute atomic E-state index is 5.89. The van der Waals surface area contributed by atoms with Gasteiger partial charge in [0.25, 0.3) is 0 Å². The van der Waals surface area contributed by atoms with Crippen LogP contribution in [-0.4, -0.2) is 34.4 Å². The lowest BCUT2D eigenvalue weighted by molar-refractivity contribution is 0.100. The fraction of sp³-hybridized carbons (Fsp3) is 0.294. The Kier molecular flexibility index (Phi) is 3.80. The molecule has 0 radical (unpaired) electrons. The van der Waals surface area contributed by atoms with E-state index in [4.69, 9.17) is 14.2 Å². The Morgan fingerprint density at radius 2 is 2.25 bits per heavy atom. The van der Waals surface area contributed by atoms with Crippen LogP contribution >= 0.6 is 15.9 Å². The van der Waals surface area contributed by atoms with Gasteiger partial charge in [-0.3, -0.25) is 0 Å². The van der Waals surface area contributed by atoms with Crippen LogP contribution in [0.15, 0.2) is 35.2 Å². The van der Waals surface area contributed by atoms with Crippen molar-refractivity contribution in [3.8, 4) is 17.2 Å². The summed E-state index contributed by atoms with van der Waals surface area (Å²) in [4.78, 5) is 8.89. The van der Waals surface area contributed by atoms with Crippen LogP contribution in [-0.2, 0) is 6.54 Å². The van der Waals surface area contributed by atoms with Crippen molar-refractivity contribution < 1.29 is 14.2 Å². The van der Waals surface area contributed by atoms with Gasteiger partial charge in [0, 0.05) is 0 Å². The van der Waals surface area contributed by atoms with Crippen molar-refractivity contribution in [2.24, 2.45) is 0 Å². The standard InChI is InChI=1S/C17H16BrN3O3/c1-10-8-23-16-13(22-2)5-11(6-14(16)24-10)7-21-9-19-12-3-4-15(18)20-17(12)21/h3-6,9-10H,7-8H2,1-2H3. The molecule has 2 aromatic heterocycles. The first-order valence-electron chi connectivity index (χ1n) is 7.62. The van der Waals surface area contributed by atoms with Crippen molar-refractivity contribution >= 4 is 27.1 Å². The van der Waals surface area contributed by atoms with E-state index in [0.717, 1.165) is 21.3 Å². The summed E-state index contributed by atoms with van der Waals surface area (Å²) in [5.41, 5.74) is 2.72. The molecule has 124 valence electrons. The number of aromatic nitrogens is 3. The third kappa shape index (κ3) is 2.69. The van der Waals surface area contributed by atoms with Gasteiger partial charge in [0.2, 0.25) is 5.75 Å². The quantitative estimate of drug-likeness (QED) is 0.642. The molecule has 0 N–H and O–H groups in total. The van der Waals surface area contributed by atoms with E-state index in [1.54, 1.807) is 13.4 Å². The first-order valence-corrected chi connectivity index (χ1v) is 8.41. The molecular weight excluding hydrogens is 374 g/mol. The number of halogens is 1. The Morgan fingerprint density at radius 1 is 1.38 bits per heavy atom. The first kappa shape index (κ1) is 15.3. The van der Waals surface area contributed by atoms with E-state index in [1.807, 2.05) is 35.8 Å². The minimum atomic E-state index is 0.0177. The fourth-order valence-corrected chi connectivity index (χ4v) is 3.08. The summed E-state index contributed by atoms with van der Waals surface area (Å²) < 4.78 is 19.9. The normalized spacial score (nSPS) is 16.4. The largest absolute Gasteiger partial charge is 0.493 e. The second-order valence-corrected chi connectivity index (χ2v) is 6.53. The monoisotopic (exact) mass is 389 g/mol. The molecule has 0 bridgehead atoms. The number of fused-ring (bicyclic) bond motifs is 2. The summed E-state index contributed by atoms with van der Waals surface area (Å²) in [6.07, 6.45) is 1.81. The summed E-state index contributed by atoms with van der Waals surface area (Å²) in [6, 6.07) is 7.77. The highest BCUT2D eigenvalue weighted by molar-refractivity contribution is 9.10. The van der Waals surface area contributed by atoms with Gasteiger partial charge in [0.05, 0.1) is 20.0 Å². The van der Waals surface area contributed by atoms with Crippen LogP contribution < -0.4 is 14.2 Å². The molecule has 1 aromatic carbocycles. The van der Waals surface area contributed by atoms with Crippen molar-refractivity contribution in [2.45, 2.75) is 19.6 Å². The van der Waals surface area contributed by atoms with Gasteiger partial charge in [0.1, 0.15) is 22.8 Å². The number of nitrogens with zero attached hydrogens (tertiary/aromatic N) is 3. The van der Waals surface area contributed by atoms with E-state index >= 15 is 0 Å². The molecule has 0 fully saturated rings. The predicted octanol–water partition coefficient (Wildman–Crippen LogP) is 3.41. The van der Waals surface area contributed by atoms with Gasteiger partial charge in [-0.1, -0.05) is 0 Å². The smallest absolute Gasteiger partial charge is 0.203 e. The zero-order valence-corrected chi connectivity index (χ0v) is 14.9. The second kappa shape index (κ2) is 5.98. The molecular formula is C17H16BrN3O3. The molecule has 1 aliphatic rings. The third-order valence-corrected chi connectivity index (χ3v) is 4.31. The molecule has 6 nitrogen and oxygen atoms in total. The number of benzene rings is 1. The number of hydrogen-bond acceptors (Lipinski definition) is 5. The van der Waals surface area contributed by atoms with Crippen molar-refractivity contribution in [1.82, 2.24) is 14.5 Å². The van der Waals surface area contributed by atoms with Gasteiger partial charge in [-0.05, 0) is 52.7 Å². The number of imidazole rings is 1. The number of methoxy groups -OCH3 is 1. The van der Waals surface area contributed by atoms with Crippen LogP contribution in [0.4, 0.5) is 0 Å². The molecule has 4 rings (SSSR count). The fourth-order valence-electron chi connectivity index (χ4n) is 2.78. The lowest BCUT2D eigenvalue weighted by atomic mass is 10.1.